The molecule has 0 amide bonds. The van der Waals surface area contributed by atoms with Crippen molar-refractivity contribution in [3.8, 4) is 0 Å². The molecule has 0 nitrogen and oxygen atoms in total. The van der Waals surface area contributed by atoms with E-state index in [1.54, 1.807) is 13.1 Å². The summed E-state index contributed by atoms with van der Waals surface area (Å²) in [7, 11) is 0. The van der Waals surface area contributed by atoms with E-state index < -0.39 is 20.3 Å². The van der Waals surface area contributed by atoms with Gasteiger partial charge in [-0.3, -0.25) is 0 Å². The van der Waals surface area contributed by atoms with E-state index in [2.05, 4.69) is 112 Å². The summed E-state index contributed by atoms with van der Waals surface area (Å²) in [4.78, 5) is 0. The molecule has 0 aromatic heterocycles. The molecule has 0 radical (unpaired) electrons. The van der Waals surface area contributed by atoms with E-state index >= 15 is 0 Å². The zero-order valence-corrected chi connectivity index (χ0v) is 18.8. The van der Waals surface area contributed by atoms with Crippen molar-refractivity contribution in [2.45, 2.75) is 27.2 Å². The Kier molecular flexibility index (Phi) is 5.15. The van der Waals surface area contributed by atoms with Gasteiger partial charge in [-0.15, -0.1) is 0 Å². The van der Waals surface area contributed by atoms with Crippen LogP contribution in [0.25, 0.3) is 0 Å². The number of hydrogen-bond acceptors (Lipinski definition) is 0. The van der Waals surface area contributed by atoms with Gasteiger partial charge in [-0.05, 0) is 0 Å². The van der Waals surface area contributed by atoms with Crippen molar-refractivity contribution in [3.63, 3.8) is 0 Å². The van der Waals surface area contributed by atoms with E-state index in [4.69, 9.17) is 0 Å². The van der Waals surface area contributed by atoms with Crippen molar-refractivity contribution in [1.29, 1.82) is 0 Å². The molecule has 0 fully saturated rings. The summed E-state index contributed by atoms with van der Waals surface area (Å²) in [6.45, 7) is 6.65. The average molecular weight is 430 g/mol. The molecule has 134 valence electrons. The topological polar surface area (TPSA) is 0 Å². The van der Waals surface area contributed by atoms with Gasteiger partial charge < -0.3 is 0 Å². The second-order valence-electron chi connectivity index (χ2n) is 7.68. The molecule has 0 saturated carbocycles. The summed E-state index contributed by atoms with van der Waals surface area (Å²) in [6, 6.07) is 27.8. The molecule has 0 N–H and O–H groups in total. The molecule has 0 heterocycles. The number of allylic oxidation sites excluding steroid dienone is 4. The molecule has 3 aromatic rings. The van der Waals surface area contributed by atoms with Crippen LogP contribution in [0.5, 0.6) is 0 Å². The van der Waals surface area contributed by atoms with Crippen molar-refractivity contribution >= 4 is 9.81 Å². The standard InChI is InChI=1S/3C7H7.C5H5.Zr/c3*1-7-5-3-2-4-6-7;1-2-4-5-3-1;/h3*2-3,5-6H,1H3;1-3H,4H2;. The molecular formula is C26H26Zr. The molecule has 1 aliphatic rings. The van der Waals surface area contributed by atoms with Gasteiger partial charge in [0.25, 0.3) is 0 Å². The summed E-state index contributed by atoms with van der Waals surface area (Å²) < 4.78 is 6.30. The monoisotopic (exact) mass is 428 g/mol. The maximum atomic E-state index is 2.44. The van der Waals surface area contributed by atoms with Gasteiger partial charge in [0.1, 0.15) is 0 Å². The summed E-state index contributed by atoms with van der Waals surface area (Å²) in [6.07, 6.45) is 8.06. The molecule has 0 spiro atoms. The van der Waals surface area contributed by atoms with Gasteiger partial charge in [-0.1, -0.05) is 0 Å². The van der Waals surface area contributed by atoms with Crippen LogP contribution in [-0.4, -0.2) is 0 Å². The second kappa shape index (κ2) is 7.57. The third-order valence-electron chi connectivity index (χ3n) is 5.61. The zero-order valence-electron chi connectivity index (χ0n) is 16.4. The van der Waals surface area contributed by atoms with Crippen LogP contribution < -0.4 is 9.81 Å². The van der Waals surface area contributed by atoms with Gasteiger partial charge in [0, 0.05) is 0 Å². The van der Waals surface area contributed by atoms with Gasteiger partial charge in [0.2, 0.25) is 0 Å². The van der Waals surface area contributed by atoms with Gasteiger partial charge in [0.15, 0.2) is 0 Å². The quantitative estimate of drug-likeness (QED) is 0.554. The van der Waals surface area contributed by atoms with Gasteiger partial charge >= 0.3 is 168 Å². The van der Waals surface area contributed by atoms with Crippen molar-refractivity contribution in [3.05, 3.63) is 111 Å². The summed E-state index contributed by atoms with van der Waals surface area (Å²) >= 11 is -3.32. The van der Waals surface area contributed by atoms with Crippen molar-refractivity contribution < 1.29 is 20.3 Å². The van der Waals surface area contributed by atoms with Gasteiger partial charge in [-0.25, -0.2) is 0 Å². The molecule has 0 bridgehead atoms. The molecule has 0 atom stereocenters. The van der Waals surface area contributed by atoms with E-state index in [1.807, 2.05) is 0 Å². The van der Waals surface area contributed by atoms with Crippen LogP contribution in [0, 0.1) is 20.8 Å². The zero-order chi connectivity index (χ0) is 18.9. The minimum absolute atomic E-state index is 1.08. The predicted octanol–water partition coefficient (Wildman–Crippen LogP) is 4.89. The van der Waals surface area contributed by atoms with Crippen LogP contribution in [0.4, 0.5) is 0 Å². The molecule has 0 unspecified atom stereocenters. The van der Waals surface area contributed by atoms with E-state index in [1.165, 1.54) is 16.7 Å². The molecule has 1 aliphatic carbocycles. The van der Waals surface area contributed by atoms with Crippen LogP contribution >= 0.6 is 0 Å². The van der Waals surface area contributed by atoms with E-state index in [9.17, 15) is 0 Å². The number of rotatable bonds is 4. The Balaban J connectivity index is 2.12. The van der Waals surface area contributed by atoms with Crippen LogP contribution in [0.3, 0.4) is 0 Å². The maximum absolute atomic E-state index is 3.32. The summed E-state index contributed by atoms with van der Waals surface area (Å²) in [5, 5.41) is 0. The number of aryl methyl sites for hydroxylation is 3. The normalized spacial score (nSPS) is 13.7. The molecule has 4 rings (SSSR count). The van der Waals surface area contributed by atoms with E-state index in [-0.39, 0.29) is 0 Å². The first-order valence-corrected chi connectivity index (χ1v) is 14.6. The third-order valence-corrected chi connectivity index (χ3v) is 17.6. The fourth-order valence-corrected chi connectivity index (χ4v) is 17.3. The van der Waals surface area contributed by atoms with Crippen LogP contribution in [0.15, 0.2) is 94.3 Å². The minimum atomic E-state index is -3.32. The summed E-state index contributed by atoms with van der Waals surface area (Å²) in [5.74, 6) is 0. The molecular weight excluding hydrogens is 404 g/mol. The fourth-order valence-electron chi connectivity index (χ4n) is 4.42. The first kappa shape index (κ1) is 18.4. The number of hydrogen-bond donors (Lipinski definition) is 0. The van der Waals surface area contributed by atoms with Crippen molar-refractivity contribution in [2.75, 3.05) is 0 Å². The fraction of sp³-hybridized carbons (Fsp3) is 0.154. The van der Waals surface area contributed by atoms with Crippen LogP contribution in [0.2, 0.25) is 0 Å². The molecule has 0 aliphatic heterocycles. The molecule has 1 heteroatoms. The van der Waals surface area contributed by atoms with E-state index in [0.717, 1.165) is 6.42 Å². The Bertz CT molecular complexity index is 928. The van der Waals surface area contributed by atoms with E-state index in [0.29, 0.717) is 0 Å². The van der Waals surface area contributed by atoms with Crippen molar-refractivity contribution in [2.24, 2.45) is 0 Å². The Morgan fingerprint density at radius 1 is 0.630 bits per heavy atom. The summed E-state index contributed by atoms with van der Waals surface area (Å²) in [5.41, 5.74) is 4.04. The first-order valence-electron chi connectivity index (χ1n) is 9.68. The Hall–Kier alpha value is -1.98. The molecule has 27 heavy (non-hydrogen) atoms. The average Bonchev–Trinajstić information content (AvgIpc) is 3.18. The number of benzene rings is 3. The van der Waals surface area contributed by atoms with Crippen LogP contribution in [-0.2, 0) is 20.3 Å². The molecule has 0 saturated heterocycles. The van der Waals surface area contributed by atoms with Crippen LogP contribution in [0.1, 0.15) is 23.1 Å². The Labute approximate surface area is 167 Å². The first-order chi connectivity index (χ1) is 13.1. The van der Waals surface area contributed by atoms with Gasteiger partial charge in [-0.2, -0.15) is 0 Å². The SMILES string of the molecule is Cc1ccc[c]([Zr]([C]2=CC=CC2)([c]2cccc(C)c2)[c]2cccc(C)c2)c1. The predicted molar refractivity (Wildman–Crippen MR) is 114 cm³/mol. The third kappa shape index (κ3) is 3.34. The molecule has 3 aromatic carbocycles. The van der Waals surface area contributed by atoms with Gasteiger partial charge in [0.05, 0.1) is 0 Å². The Morgan fingerprint density at radius 2 is 1.07 bits per heavy atom. The Morgan fingerprint density at radius 3 is 1.41 bits per heavy atom. The van der Waals surface area contributed by atoms with Crippen molar-refractivity contribution in [1.82, 2.24) is 0 Å². The second-order valence-corrected chi connectivity index (χ2v) is 17.2.